The van der Waals surface area contributed by atoms with Gasteiger partial charge in [0.05, 0.1) is 11.4 Å². The van der Waals surface area contributed by atoms with Gasteiger partial charge in [-0.1, -0.05) is 0 Å². The van der Waals surface area contributed by atoms with Gasteiger partial charge in [0, 0.05) is 6.04 Å². The van der Waals surface area contributed by atoms with Crippen LogP contribution in [0.15, 0.2) is 18.2 Å². The summed E-state index contributed by atoms with van der Waals surface area (Å²) in [5.74, 6) is -0.619. The molecule has 1 saturated carbocycles. The molecular weight excluding hydrogens is 351 g/mol. The van der Waals surface area contributed by atoms with Gasteiger partial charge in [0.2, 0.25) is 5.91 Å². The molecule has 1 aliphatic rings. The first-order valence-electron chi connectivity index (χ1n) is 8.94. The van der Waals surface area contributed by atoms with Gasteiger partial charge in [-0.2, -0.15) is 0 Å². The van der Waals surface area contributed by atoms with E-state index in [2.05, 4.69) is 16.0 Å². The van der Waals surface area contributed by atoms with Crippen LogP contribution in [0.3, 0.4) is 0 Å². The topological polar surface area (TPSA) is 103 Å². The number of hydrogen-bond acceptors (Lipinski definition) is 5. The van der Waals surface area contributed by atoms with E-state index in [9.17, 15) is 14.0 Å². The molecule has 0 spiro atoms. The summed E-state index contributed by atoms with van der Waals surface area (Å²) in [6.45, 7) is 6.74. The molecule has 0 aliphatic heterocycles. The van der Waals surface area contributed by atoms with Crippen molar-refractivity contribution in [1.82, 2.24) is 5.32 Å². The van der Waals surface area contributed by atoms with Crippen molar-refractivity contribution in [3.8, 4) is 0 Å². The summed E-state index contributed by atoms with van der Waals surface area (Å²) in [6, 6.07) is 3.35. The Kier molecular flexibility index (Phi) is 6.41. The van der Waals surface area contributed by atoms with Crippen molar-refractivity contribution in [2.24, 2.45) is 5.92 Å². The average molecular weight is 378 g/mol. The number of hydrogen-bond donors (Lipinski definition) is 4. The molecule has 0 radical (unpaired) electrons. The average Bonchev–Trinajstić information content (AvgIpc) is 2.50. The lowest BCUT2D eigenvalue weighted by atomic mass is 9.81. The highest BCUT2D eigenvalue weighted by Gasteiger charge is 2.28. The Labute approximate surface area is 158 Å². The lowest BCUT2D eigenvalue weighted by Gasteiger charge is -2.34. The van der Waals surface area contributed by atoms with Gasteiger partial charge < -0.3 is 26.1 Å². The second-order valence-corrected chi connectivity index (χ2v) is 7.79. The van der Waals surface area contributed by atoms with Crippen LogP contribution in [0, 0.1) is 17.1 Å². The highest BCUT2D eigenvalue weighted by atomic mass is 19.1. The van der Waals surface area contributed by atoms with E-state index in [0.717, 1.165) is 12.8 Å². The first-order valence-corrected chi connectivity index (χ1v) is 8.94. The third-order valence-electron chi connectivity index (χ3n) is 4.14. The van der Waals surface area contributed by atoms with Crippen LogP contribution in [0.1, 0.15) is 40.5 Å². The summed E-state index contributed by atoms with van der Waals surface area (Å²) in [6.07, 6.45) is 2.32. The summed E-state index contributed by atoms with van der Waals surface area (Å²) in [5, 5.41) is 15.6. The zero-order valence-corrected chi connectivity index (χ0v) is 16.1. The van der Waals surface area contributed by atoms with Crippen LogP contribution in [-0.2, 0) is 9.53 Å². The standard InChI is InChI=1S/C19H27FN4O3/c1-11(22-18(26)27-19(2,3)4)17(25)24-15-6-5-13(20)9-16(15)23-14-7-12(8-14)10-21/h5-6,9-12,14,21,23H,7-8H2,1-4H3,(H,22,26)(H,24,25)/t11-,12?,14?/m0/s1. The summed E-state index contributed by atoms with van der Waals surface area (Å²) >= 11 is 0. The van der Waals surface area contributed by atoms with Crippen LogP contribution in [-0.4, -0.2) is 35.9 Å². The first kappa shape index (κ1) is 20.7. The second kappa shape index (κ2) is 8.37. The Morgan fingerprint density at radius 2 is 1.96 bits per heavy atom. The molecule has 0 saturated heterocycles. The van der Waals surface area contributed by atoms with Crippen molar-refractivity contribution >= 4 is 29.6 Å². The fourth-order valence-corrected chi connectivity index (χ4v) is 2.67. The molecule has 2 amide bonds. The maximum atomic E-state index is 13.6. The quantitative estimate of drug-likeness (QED) is 0.569. The van der Waals surface area contributed by atoms with Crippen LogP contribution < -0.4 is 16.0 Å². The molecule has 148 valence electrons. The van der Waals surface area contributed by atoms with E-state index in [4.69, 9.17) is 10.1 Å². The predicted molar refractivity (Wildman–Crippen MR) is 103 cm³/mol. The molecule has 2 rings (SSSR count). The van der Waals surface area contributed by atoms with Crippen LogP contribution in [0.25, 0.3) is 0 Å². The van der Waals surface area contributed by atoms with Gasteiger partial charge >= 0.3 is 6.09 Å². The number of ether oxygens (including phenoxy) is 1. The lowest BCUT2D eigenvalue weighted by Crippen LogP contribution is -2.44. The fourth-order valence-electron chi connectivity index (χ4n) is 2.67. The molecular formula is C19H27FN4O3. The van der Waals surface area contributed by atoms with Gasteiger partial charge in [-0.15, -0.1) is 0 Å². The Balaban J connectivity index is 1.98. The molecule has 1 aromatic rings. The number of rotatable bonds is 6. The van der Waals surface area contributed by atoms with Crippen LogP contribution >= 0.6 is 0 Å². The maximum Gasteiger partial charge on any atom is 0.408 e. The van der Waals surface area contributed by atoms with Gasteiger partial charge in [0.25, 0.3) is 0 Å². The molecule has 8 heteroatoms. The van der Waals surface area contributed by atoms with Crippen LogP contribution in [0.5, 0.6) is 0 Å². The first-order chi connectivity index (χ1) is 12.6. The van der Waals surface area contributed by atoms with E-state index in [-0.39, 0.29) is 12.0 Å². The maximum absolute atomic E-state index is 13.6. The Morgan fingerprint density at radius 3 is 2.56 bits per heavy atom. The normalized spacial score (nSPS) is 20.0. The summed E-state index contributed by atoms with van der Waals surface area (Å²) < 4.78 is 18.8. The molecule has 1 aromatic carbocycles. The highest BCUT2D eigenvalue weighted by molar-refractivity contribution is 5.98. The predicted octanol–water partition coefficient (Wildman–Crippen LogP) is 3.52. The van der Waals surface area contributed by atoms with E-state index in [0.29, 0.717) is 11.4 Å². The molecule has 0 aromatic heterocycles. The number of carbonyl (C=O) groups is 2. The lowest BCUT2D eigenvalue weighted by molar-refractivity contribution is -0.117. The van der Waals surface area contributed by atoms with Gasteiger partial charge in [-0.25, -0.2) is 9.18 Å². The third kappa shape index (κ3) is 6.23. The number of halogens is 1. The number of benzene rings is 1. The number of anilines is 2. The van der Waals surface area contributed by atoms with Gasteiger partial charge in [-0.3, -0.25) is 4.79 Å². The SMILES string of the molecule is C[C@H](NC(=O)OC(C)(C)C)C(=O)Nc1ccc(F)cc1NC1CC(C=N)C1. The zero-order chi connectivity index (χ0) is 20.2. The molecule has 0 heterocycles. The minimum absolute atomic E-state index is 0.131. The van der Waals surface area contributed by atoms with Crippen molar-refractivity contribution in [2.75, 3.05) is 10.6 Å². The van der Waals surface area contributed by atoms with Gasteiger partial charge in [-0.05, 0) is 70.9 Å². The molecule has 1 aliphatic carbocycles. The minimum Gasteiger partial charge on any atom is -0.444 e. The largest absolute Gasteiger partial charge is 0.444 e. The van der Waals surface area contributed by atoms with Crippen molar-refractivity contribution in [1.29, 1.82) is 5.41 Å². The molecule has 7 nitrogen and oxygen atoms in total. The number of nitrogens with one attached hydrogen (secondary N) is 4. The number of alkyl carbamates (subject to hydrolysis) is 1. The van der Waals surface area contributed by atoms with E-state index >= 15 is 0 Å². The van der Waals surface area contributed by atoms with E-state index < -0.39 is 29.5 Å². The van der Waals surface area contributed by atoms with Gasteiger partial charge in [0.15, 0.2) is 0 Å². The smallest absolute Gasteiger partial charge is 0.408 e. The van der Waals surface area contributed by atoms with Crippen LogP contribution in [0.2, 0.25) is 0 Å². The summed E-state index contributed by atoms with van der Waals surface area (Å²) in [5.41, 5.74) is 0.240. The Bertz CT molecular complexity index is 711. The van der Waals surface area contributed by atoms with Crippen molar-refractivity contribution < 1.29 is 18.7 Å². The van der Waals surface area contributed by atoms with Gasteiger partial charge in [0.1, 0.15) is 17.5 Å². The Morgan fingerprint density at radius 1 is 1.30 bits per heavy atom. The summed E-state index contributed by atoms with van der Waals surface area (Å²) in [7, 11) is 0. The zero-order valence-electron chi connectivity index (χ0n) is 16.1. The molecule has 0 unspecified atom stereocenters. The van der Waals surface area contributed by atoms with Crippen molar-refractivity contribution in [3.63, 3.8) is 0 Å². The molecule has 1 atom stereocenters. The number of carbonyl (C=O) groups excluding carboxylic acids is 2. The van der Waals surface area contributed by atoms with Crippen LogP contribution in [0.4, 0.5) is 20.6 Å². The van der Waals surface area contributed by atoms with E-state index in [1.165, 1.54) is 31.3 Å². The third-order valence-corrected chi connectivity index (χ3v) is 4.14. The van der Waals surface area contributed by atoms with Crippen molar-refractivity contribution in [3.05, 3.63) is 24.0 Å². The fraction of sp³-hybridized carbons (Fsp3) is 0.526. The molecule has 1 fully saturated rings. The number of amides is 2. The minimum atomic E-state index is -0.830. The molecule has 0 bridgehead atoms. The molecule has 4 N–H and O–H groups in total. The van der Waals surface area contributed by atoms with E-state index in [1.54, 1.807) is 20.8 Å². The van der Waals surface area contributed by atoms with E-state index in [1.807, 2.05) is 0 Å². The molecule has 27 heavy (non-hydrogen) atoms. The second-order valence-electron chi connectivity index (χ2n) is 7.79. The monoisotopic (exact) mass is 378 g/mol. The van der Waals surface area contributed by atoms with Crippen molar-refractivity contribution in [2.45, 2.75) is 58.2 Å². The Hall–Kier alpha value is -2.64. The highest BCUT2D eigenvalue weighted by Crippen LogP contribution is 2.32. The summed E-state index contributed by atoms with van der Waals surface area (Å²) in [4.78, 5) is 24.2.